The number of piperazine rings is 1. The minimum Gasteiger partial charge on any atom is -0.344 e. The van der Waals surface area contributed by atoms with Crippen molar-refractivity contribution in [1.29, 1.82) is 0 Å². The summed E-state index contributed by atoms with van der Waals surface area (Å²) in [6, 6.07) is 15.8. The normalized spacial score (nSPS) is 18.1. The third-order valence-electron chi connectivity index (χ3n) is 6.16. The average molecular weight is 407 g/mol. The third-order valence-corrected chi connectivity index (χ3v) is 6.16. The van der Waals surface area contributed by atoms with Crippen LogP contribution in [0.5, 0.6) is 0 Å². The van der Waals surface area contributed by atoms with Crippen LogP contribution in [0.2, 0.25) is 0 Å². The monoisotopic (exact) mass is 406 g/mol. The molecule has 0 radical (unpaired) electrons. The molecule has 2 amide bonds. The summed E-state index contributed by atoms with van der Waals surface area (Å²) in [5.41, 5.74) is 3.76. The lowest BCUT2D eigenvalue weighted by atomic mass is 10.0. The summed E-state index contributed by atoms with van der Waals surface area (Å²) in [6.07, 6.45) is 0.791. The molecule has 4 rings (SSSR count). The van der Waals surface area contributed by atoms with E-state index in [1.807, 2.05) is 36.4 Å². The van der Waals surface area contributed by atoms with E-state index in [0.29, 0.717) is 12.1 Å². The minimum atomic E-state index is -0.0675. The van der Waals surface area contributed by atoms with Crippen LogP contribution in [0.4, 0.5) is 5.69 Å². The van der Waals surface area contributed by atoms with Gasteiger partial charge in [0.2, 0.25) is 5.91 Å². The number of nitrogens with one attached hydrogen (secondary N) is 1. The predicted octanol–water partition coefficient (Wildman–Crippen LogP) is 2.31. The molecule has 1 unspecified atom stereocenters. The molecule has 0 spiro atoms. The Bertz CT molecular complexity index is 907. The van der Waals surface area contributed by atoms with Gasteiger partial charge in [0.05, 0.1) is 6.04 Å². The maximum atomic E-state index is 13.1. The molecule has 6 nitrogen and oxygen atoms in total. The van der Waals surface area contributed by atoms with E-state index >= 15 is 0 Å². The topological polar surface area (TPSA) is 55.9 Å². The zero-order valence-corrected chi connectivity index (χ0v) is 17.8. The molecule has 0 saturated carbocycles. The van der Waals surface area contributed by atoms with Crippen LogP contribution >= 0.6 is 0 Å². The van der Waals surface area contributed by atoms with E-state index in [-0.39, 0.29) is 17.9 Å². The number of benzene rings is 2. The van der Waals surface area contributed by atoms with Gasteiger partial charge in [-0.2, -0.15) is 0 Å². The molecule has 1 N–H and O–H groups in total. The summed E-state index contributed by atoms with van der Waals surface area (Å²) in [7, 11) is 2.15. The fourth-order valence-electron chi connectivity index (χ4n) is 4.32. The number of amides is 2. The van der Waals surface area contributed by atoms with Crippen LogP contribution in [-0.2, 0) is 11.2 Å². The van der Waals surface area contributed by atoms with E-state index in [1.165, 1.54) is 0 Å². The first-order valence-electron chi connectivity index (χ1n) is 10.7. The number of likely N-dealkylation sites (N-methyl/N-ethyl adjacent to an activating group) is 1. The van der Waals surface area contributed by atoms with Crippen LogP contribution in [0, 0.1) is 0 Å². The second-order valence-corrected chi connectivity index (χ2v) is 8.30. The van der Waals surface area contributed by atoms with Crippen molar-refractivity contribution in [3.63, 3.8) is 0 Å². The van der Waals surface area contributed by atoms with E-state index in [4.69, 9.17) is 0 Å². The molecule has 2 aromatic carbocycles. The van der Waals surface area contributed by atoms with Crippen molar-refractivity contribution in [2.75, 3.05) is 51.2 Å². The number of carbonyl (C=O) groups excluding carboxylic acids is 2. The Morgan fingerprint density at radius 1 is 1.00 bits per heavy atom. The van der Waals surface area contributed by atoms with Crippen LogP contribution in [0.25, 0.3) is 0 Å². The lowest BCUT2D eigenvalue weighted by molar-refractivity contribution is -0.116. The van der Waals surface area contributed by atoms with Crippen LogP contribution in [-0.4, -0.2) is 67.9 Å². The summed E-state index contributed by atoms with van der Waals surface area (Å²) < 4.78 is 0. The van der Waals surface area contributed by atoms with Gasteiger partial charge < -0.3 is 15.1 Å². The summed E-state index contributed by atoms with van der Waals surface area (Å²) >= 11 is 0. The van der Waals surface area contributed by atoms with Crippen molar-refractivity contribution in [3.8, 4) is 0 Å². The van der Waals surface area contributed by atoms with Gasteiger partial charge in [-0.25, -0.2) is 0 Å². The van der Waals surface area contributed by atoms with E-state index < -0.39 is 0 Å². The summed E-state index contributed by atoms with van der Waals surface area (Å²) in [6.45, 7) is 7.18. The third kappa shape index (κ3) is 4.55. The second-order valence-electron chi connectivity index (χ2n) is 8.30. The molecule has 1 saturated heterocycles. The lowest BCUT2D eigenvalue weighted by Crippen LogP contribution is -2.47. The Morgan fingerprint density at radius 3 is 2.43 bits per heavy atom. The van der Waals surface area contributed by atoms with Crippen LogP contribution in [0.15, 0.2) is 48.5 Å². The van der Waals surface area contributed by atoms with E-state index in [2.05, 4.69) is 34.3 Å². The number of hydrogen-bond acceptors (Lipinski definition) is 4. The van der Waals surface area contributed by atoms with Gasteiger partial charge in [0.1, 0.15) is 0 Å². The number of carbonyl (C=O) groups is 2. The Kier molecular flexibility index (Phi) is 6.16. The first-order valence-corrected chi connectivity index (χ1v) is 10.7. The zero-order valence-electron chi connectivity index (χ0n) is 17.8. The Balaban J connectivity index is 1.50. The van der Waals surface area contributed by atoms with Gasteiger partial charge in [0.25, 0.3) is 5.91 Å². The van der Waals surface area contributed by atoms with Crippen molar-refractivity contribution in [2.45, 2.75) is 19.4 Å². The number of rotatable bonds is 5. The highest BCUT2D eigenvalue weighted by Crippen LogP contribution is 2.29. The molecule has 0 aliphatic carbocycles. The van der Waals surface area contributed by atoms with Crippen LogP contribution < -0.4 is 10.2 Å². The standard InChI is InChI=1S/C24H30N4O2/c1-18(29)28-11-10-20-16-21(8-9-23(20)28)24(30)25-22(19-6-4-3-5-7-19)17-27-14-12-26(2)13-15-27/h3-9,16,22H,10-15,17H2,1-2H3,(H,25,30). The number of hydrogen-bond donors (Lipinski definition) is 1. The van der Waals surface area contributed by atoms with Crippen molar-refractivity contribution in [3.05, 3.63) is 65.2 Å². The van der Waals surface area contributed by atoms with Gasteiger partial charge in [-0.05, 0) is 42.8 Å². The molecular weight excluding hydrogens is 376 g/mol. The quantitative estimate of drug-likeness (QED) is 0.828. The summed E-state index contributed by atoms with van der Waals surface area (Å²) in [5.74, 6) is -0.0238. The fraction of sp³-hybridized carbons (Fsp3) is 0.417. The zero-order chi connectivity index (χ0) is 21.1. The first-order chi connectivity index (χ1) is 14.5. The molecule has 2 heterocycles. The molecule has 1 atom stereocenters. The maximum absolute atomic E-state index is 13.1. The Labute approximate surface area is 178 Å². The van der Waals surface area contributed by atoms with Gasteiger partial charge in [0, 0.05) is 57.4 Å². The first kappa shape index (κ1) is 20.6. The average Bonchev–Trinajstić information content (AvgIpc) is 3.19. The molecule has 158 valence electrons. The molecule has 2 aliphatic heterocycles. The highest BCUT2D eigenvalue weighted by molar-refractivity contribution is 5.98. The smallest absolute Gasteiger partial charge is 0.251 e. The SMILES string of the molecule is CC(=O)N1CCc2cc(C(=O)NC(CN3CCN(C)CC3)c3ccccc3)ccc21. The van der Waals surface area contributed by atoms with Gasteiger partial charge in [-0.1, -0.05) is 30.3 Å². The highest BCUT2D eigenvalue weighted by Gasteiger charge is 2.25. The highest BCUT2D eigenvalue weighted by atomic mass is 16.2. The largest absolute Gasteiger partial charge is 0.344 e. The molecule has 6 heteroatoms. The predicted molar refractivity (Wildman–Crippen MR) is 119 cm³/mol. The Hall–Kier alpha value is -2.70. The van der Waals surface area contributed by atoms with Gasteiger partial charge >= 0.3 is 0 Å². The second kappa shape index (κ2) is 8.98. The molecule has 0 aromatic heterocycles. The van der Waals surface area contributed by atoms with Crippen molar-refractivity contribution < 1.29 is 9.59 Å². The van der Waals surface area contributed by atoms with E-state index in [0.717, 1.165) is 56.0 Å². The van der Waals surface area contributed by atoms with Gasteiger partial charge in [-0.3, -0.25) is 14.5 Å². The molecule has 2 aromatic rings. The van der Waals surface area contributed by atoms with Crippen molar-refractivity contribution >= 4 is 17.5 Å². The van der Waals surface area contributed by atoms with Gasteiger partial charge in [0.15, 0.2) is 0 Å². The summed E-state index contributed by atoms with van der Waals surface area (Å²) in [4.78, 5) is 31.4. The number of fused-ring (bicyclic) bond motifs is 1. The van der Waals surface area contributed by atoms with Crippen LogP contribution in [0.1, 0.15) is 34.5 Å². The minimum absolute atomic E-state index is 0.0438. The molecule has 30 heavy (non-hydrogen) atoms. The number of anilines is 1. The number of nitrogens with zero attached hydrogens (tertiary/aromatic N) is 3. The molecule has 1 fully saturated rings. The molecule has 0 bridgehead atoms. The Morgan fingerprint density at radius 2 is 1.73 bits per heavy atom. The van der Waals surface area contributed by atoms with E-state index in [9.17, 15) is 9.59 Å². The summed E-state index contributed by atoms with van der Waals surface area (Å²) in [5, 5.41) is 3.26. The van der Waals surface area contributed by atoms with Crippen molar-refractivity contribution in [2.24, 2.45) is 0 Å². The molecular formula is C24H30N4O2. The van der Waals surface area contributed by atoms with E-state index in [1.54, 1.807) is 11.8 Å². The van der Waals surface area contributed by atoms with Gasteiger partial charge in [-0.15, -0.1) is 0 Å². The van der Waals surface area contributed by atoms with Crippen molar-refractivity contribution in [1.82, 2.24) is 15.1 Å². The van der Waals surface area contributed by atoms with Crippen LogP contribution in [0.3, 0.4) is 0 Å². The molecule has 2 aliphatic rings. The maximum Gasteiger partial charge on any atom is 0.251 e. The fourth-order valence-corrected chi connectivity index (χ4v) is 4.32. The lowest BCUT2D eigenvalue weighted by Gasteiger charge is -2.35.